The van der Waals surface area contributed by atoms with Crippen LogP contribution in [0.4, 0.5) is 4.79 Å². The Morgan fingerprint density at radius 1 is 1.10 bits per heavy atom. The molecular weight excluding hydrogens is 254 g/mol. The first-order valence-corrected chi connectivity index (χ1v) is 7.49. The van der Waals surface area contributed by atoms with E-state index in [9.17, 15) is 4.79 Å². The fourth-order valence-electron chi connectivity index (χ4n) is 1.60. The van der Waals surface area contributed by atoms with Crippen molar-refractivity contribution in [2.75, 3.05) is 19.6 Å². The van der Waals surface area contributed by atoms with Crippen LogP contribution in [0.5, 0.6) is 0 Å². The van der Waals surface area contributed by atoms with Gasteiger partial charge in [0.2, 0.25) is 0 Å². The Morgan fingerprint density at radius 2 is 1.70 bits per heavy atom. The van der Waals surface area contributed by atoms with E-state index in [2.05, 4.69) is 43.6 Å². The molecule has 0 fully saturated rings. The Morgan fingerprint density at radius 3 is 2.15 bits per heavy atom. The van der Waals surface area contributed by atoms with Gasteiger partial charge in [-0.15, -0.1) is 0 Å². The number of hydrogen-bond donors (Lipinski definition) is 3. The van der Waals surface area contributed by atoms with Crippen LogP contribution in [0.1, 0.15) is 54.9 Å². The molecule has 1 atom stereocenters. The zero-order valence-electron chi connectivity index (χ0n) is 14.2. The third kappa shape index (κ3) is 12.2. The number of alkyl carbamates (subject to hydrolysis) is 1. The smallest absolute Gasteiger partial charge is 0.407 e. The van der Waals surface area contributed by atoms with Gasteiger partial charge in [0.25, 0.3) is 0 Å². The number of carbonyl (C=O) groups is 1. The van der Waals surface area contributed by atoms with E-state index in [0.29, 0.717) is 6.54 Å². The van der Waals surface area contributed by atoms with E-state index >= 15 is 0 Å². The van der Waals surface area contributed by atoms with Crippen molar-refractivity contribution in [2.45, 2.75) is 72.1 Å². The molecule has 0 aliphatic carbocycles. The van der Waals surface area contributed by atoms with Crippen molar-refractivity contribution in [3.05, 3.63) is 0 Å². The van der Waals surface area contributed by atoms with Crippen LogP contribution in [0.3, 0.4) is 0 Å². The van der Waals surface area contributed by atoms with Gasteiger partial charge in [0.05, 0.1) is 0 Å². The highest BCUT2D eigenvalue weighted by atomic mass is 16.6. The first-order valence-electron chi connectivity index (χ1n) is 7.49. The zero-order valence-corrected chi connectivity index (χ0v) is 14.2. The minimum Gasteiger partial charge on any atom is -0.444 e. The molecule has 0 aliphatic rings. The largest absolute Gasteiger partial charge is 0.444 e. The topological polar surface area (TPSA) is 62.4 Å². The monoisotopic (exact) mass is 287 g/mol. The highest BCUT2D eigenvalue weighted by Gasteiger charge is 2.17. The van der Waals surface area contributed by atoms with E-state index < -0.39 is 5.60 Å². The lowest BCUT2D eigenvalue weighted by Gasteiger charge is -2.23. The average Bonchev–Trinajstić information content (AvgIpc) is 2.24. The molecule has 5 nitrogen and oxygen atoms in total. The molecule has 20 heavy (non-hydrogen) atoms. The summed E-state index contributed by atoms with van der Waals surface area (Å²) >= 11 is 0. The van der Waals surface area contributed by atoms with Gasteiger partial charge in [-0.05, 0) is 48.0 Å². The lowest BCUT2D eigenvalue weighted by Crippen LogP contribution is -2.46. The third-order valence-corrected chi connectivity index (χ3v) is 2.60. The Bertz CT molecular complexity index is 280. The van der Waals surface area contributed by atoms with Gasteiger partial charge in [-0.2, -0.15) is 0 Å². The van der Waals surface area contributed by atoms with E-state index in [4.69, 9.17) is 4.74 Å². The van der Waals surface area contributed by atoms with Crippen LogP contribution in [-0.4, -0.2) is 42.9 Å². The van der Waals surface area contributed by atoms with Crippen molar-refractivity contribution in [3.63, 3.8) is 0 Å². The highest BCUT2D eigenvalue weighted by Crippen LogP contribution is 2.06. The van der Waals surface area contributed by atoms with Crippen molar-refractivity contribution >= 4 is 6.09 Å². The summed E-state index contributed by atoms with van der Waals surface area (Å²) in [5, 5.41) is 9.65. The minimum absolute atomic E-state index is 0.137. The summed E-state index contributed by atoms with van der Waals surface area (Å²) in [6, 6.07) is 0.268. The van der Waals surface area contributed by atoms with Crippen LogP contribution in [0.25, 0.3) is 0 Å². The number of carbonyl (C=O) groups excluding carboxylic acids is 1. The predicted molar refractivity (Wildman–Crippen MR) is 84.1 cm³/mol. The SMILES string of the molecule is CCC(CNC(=O)OC(C)(C)C)NCCNC(C)(C)C. The molecule has 0 radical (unpaired) electrons. The van der Waals surface area contributed by atoms with E-state index in [1.165, 1.54) is 0 Å². The van der Waals surface area contributed by atoms with Crippen molar-refractivity contribution < 1.29 is 9.53 Å². The Hall–Kier alpha value is -0.810. The number of nitrogens with one attached hydrogen (secondary N) is 3. The van der Waals surface area contributed by atoms with Crippen molar-refractivity contribution in [1.29, 1.82) is 0 Å². The molecule has 0 aromatic heterocycles. The molecule has 0 bridgehead atoms. The number of hydrogen-bond acceptors (Lipinski definition) is 4. The summed E-state index contributed by atoms with van der Waals surface area (Å²) in [5.74, 6) is 0. The lowest BCUT2D eigenvalue weighted by atomic mass is 10.1. The maximum atomic E-state index is 11.6. The summed E-state index contributed by atoms with van der Waals surface area (Å²) in [4.78, 5) is 11.6. The van der Waals surface area contributed by atoms with E-state index in [0.717, 1.165) is 19.5 Å². The van der Waals surface area contributed by atoms with Gasteiger partial charge in [0.1, 0.15) is 5.60 Å². The first kappa shape index (κ1) is 19.2. The summed E-state index contributed by atoms with van der Waals surface area (Å²) in [7, 11) is 0. The van der Waals surface area contributed by atoms with Gasteiger partial charge >= 0.3 is 6.09 Å². The maximum Gasteiger partial charge on any atom is 0.407 e. The molecule has 0 aliphatic heterocycles. The summed E-state index contributed by atoms with van der Waals surface area (Å²) in [5.41, 5.74) is -0.312. The van der Waals surface area contributed by atoms with Gasteiger partial charge in [0, 0.05) is 31.2 Å². The first-order chi connectivity index (χ1) is 9.03. The van der Waals surface area contributed by atoms with E-state index in [-0.39, 0.29) is 17.7 Å². The van der Waals surface area contributed by atoms with Crippen molar-refractivity contribution in [1.82, 2.24) is 16.0 Å². The Labute approximate surface area is 124 Å². The van der Waals surface area contributed by atoms with Gasteiger partial charge in [-0.3, -0.25) is 0 Å². The second-order valence-corrected chi connectivity index (χ2v) is 7.12. The fourth-order valence-corrected chi connectivity index (χ4v) is 1.60. The quantitative estimate of drug-likeness (QED) is 0.629. The van der Waals surface area contributed by atoms with Crippen molar-refractivity contribution in [3.8, 4) is 0 Å². The van der Waals surface area contributed by atoms with Crippen LogP contribution in [-0.2, 0) is 4.74 Å². The molecule has 0 spiro atoms. The van der Waals surface area contributed by atoms with Gasteiger partial charge in [0.15, 0.2) is 0 Å². The summed E-state index contributed by atoms with van der Waals surface area (Å²) in [6.07, 6.45) is 0.608. The van der Waals surface area contributed by atoms with Crippen LogP contribution < -0.4 is 16.0 Å². The molecule has 0 heterocycles. The molecule has 0 aromatic carbocycles. The second-order valence-electron chi connectivity index (χ2n) is 7.12. The molecule has 3 N–H and O–H groups in total. The number of ether oxygens (including phenoxy) is 1. The summed E-state index contributed by atoms with van der Waals surface area (Å²) in [6.45, 7) is 16.5. The number of amides is 1. The lowest BCUT2D eigenvalue weighted by molar-refractivity contribution is 0.0522. The molecule has 120 valence electrons. The molecule has 1 unspecified atom stereocenters. The zero-order chi connectivity index (χ0) is 15.8. The molecule has 0 saturated carbocycles. The van der Waals surface area contributed by atoms with Crippen LogP contribution in [0, 0.1) is 0 Å². The van der Waals surface area contributed by atoms with E-state index in [1.54, 1.807) is 0 Å². The molecule has 1 amide bonds. The minimum atomic E-state index is -0.449. The maximum absolute atomic E-state index is 11.6. The highest BCUT2D eigenvalue weighted by molar-refractivity contribution is 5.67. The Kier molecular flexibility index (Phi) is 8.13. The van der Waals surface area contributed by atoms with E-state index in [1.807, 2.05) is 20.8 Å². The number of rotatable bonds is 7. The fraction of sp³-hybridized carbons (Fsp3) is 0.933. The van der Waals surface area contributed by atoms with Crippen molar-refractivity contribution in [2.24, 2.45) is 0 Å². The van der Waals surface area contributed by atoms with Crippen LogP contribution in [0.15, 0.2) is 0 Å². The van der Waals surface area contributed by atoms with Gasteiger partial charge < -0.3 is 20.7 Å². The Balaban J connectivity index is 3.85. The average molecular weight is 287 g/mol. The molecular formula is C15H33N3O2. The molecule has 0 saturated heterocycles. The predicted octanol–water partition coefficient (Wildman–Crippen LogP) is 2.27. The summed E-state index contributed by atoms with van der Waals surface area (Å²) < 4.78 is 5.21. The van der Waals surface area contributed by atoms with Crippen LogP contribution >= 0.6 is 0 Å². The normalized spacial score (nSPS) is 13.9. The van der Waals surface area contributed by atoms with Gasteiger partial charge in [-0.25, -0.2) is 4.79 Å². The molecule has 0 aromatic rings. The molecule has 0 rings (SSSR count). The van der Waals surface area contributed by atoms with Gasteiger partial charge in [-0.1, -0.05) is 6.92 Å². The second kappa shape index (κ2) is 8.47. The standard InChI is InChI=1S/C15H33N3O2/c1-8-12(16-9-10-18-14(2,3)4)11-17-13(19)20-15(5,6)7/h12,16,18H,8-11H2,1-7H3,(H,17,19). The third-order valence-electron chi connectivity index (χ3n) is 2.60. The molecule has 5 heteroatoms. The van der Waals surface area contributed by atoms with Crippen LogP contribution in [0.2, 0.25) is 0 Å².